The van der Waals surface area contributed by atoms with Crippen LogP contribution < -0.4 is 22.5 Å². The highest BCUT2D eigenvalue weighted by Gasteiger charge is 2.56. The van der Waals surface area contributed by atoms with Crippen LogP contribution in [0, 0.1) is 0 Å². The summed E-state index contributed by atoms with van der Waals surface area (Å²) in [5.74, 6) is -3.45. The highest BCUT2D eigenvalue weighted by Crippen LogP contribution is 2.40. The minimum Gasteiger partial charge on any atom is -0.478 e. The normalized spacial score (nSPS) is 20.9. The molecule has 2 aromatic heterocycles. The molecule has 0 aromatic carbocycles. The first-order chi connectivity index (χ1) is 17.4. The van der Waals surface area contributed by atoms with Gasteiger partial charge in [0, 0.05) is 31.3 Å². The Kier molecular flexibility index (Phi) is 6.85. The van der Waals surface area contributed by atoms with Gasteiger partial charge in [0.1, 0.15) is 29.2 Å². The van der Waals surface area contributed by atoms with Crippen LogP contribution in [0.15, 0.2) is 10.5 Å². The fourth-order valence-corrected chi connectivity index (χ4v) is 4.94. The second-order valence-corrected chi connectivity index (χ2v) is 10.3. The average Bonchev–Trinajstić information content (AvgIpc) is 3.34. The Hall–Kier alpha value is -3.72. The second-order valence-electron chi connectivity index (χ2n) is 8.09. The Balaban J connectivity index is 1.60. The summed E-state index contributed by atoms with van der Waals surface area (Å²) in [6.07, 6.45) is 0.331. The van der Waals surface area contributed by atoms with E-state index >= 15 is 0 Å². The molecule has 1 saturated heterocycles. The number of carboxylic acid groups (broad SMARTS) is 1. The highest BCUT2D eigenvalue weighted by atomic mass is 32.2. The Labute approximate surface area is 212 Å². The Bertz CT molecular complexity index is 1360. The molecule has 2 atom stereocenters. The number of nitrogens with zero attached hydrogens (tertiary/aromatic N) is 6. The first kappa shape index (κ1) is 26.3. The molecule has 0 spiro atoms. The third-order valence-corrected chi connectivity index (χ3v) is 7.25. The zero-order valence-corrected chi connectivity index (χ0v) is 20.5. The number of nitrogens with two attached hydrogens (primary N) is 3. The van der Waals surface area contributed by atoms with E-state index in [-0.39, 0.29) is 47.6 Å². The number of carbonyl (C=O) groups is 3. The molecule has 2 amide bonds. The number of rotatable bonds is 11. The molecule has 4 rings (SSSR count). The van der Waals surface area contributed by atoms with Gasteiger partial charge in [-0.25, -0.2) is 14.1 Å². The maximum atomic E-state index is 13.1. The number of aromatic nitrogens is 4. The van der Waals surface area contributed by atoms with Crippen LogP contribution in [0.4, 0.5) is 5.13 Å². The summed E-state index contributed by atoms with van der Waals surface area (Å²) in [5, 5.41) is 24.9. The van der Waals surface area contributed by atoms with Crippen molar-refractivity contribution in [3.8, 4) is 0 Å². The predicted octanol–water partition coefficient (Wildman–Crippen LogP) is -3.23. The van der Waals surface area contributed by atoms with Crippen molar-refractivity contribution in [3.63, 3.8) is 0 Å². The monoisotopic (exact) mass is 558 g/mol. The number of nitrogens with one attached hydrogen (secondary N) is 1. The van der Waals surface area contributed by atoms with E-state index in [1.165, 1.54) is 5.38 Å². The molecular formula is C17H22N10O8S2. The van der Waals surface area contributed by atoms with E-state index in [1.54, 1.807) is 0 Å². The third-order valence-electron chi connectivity index (χ3n) is 5.63. The fraction of sp³-hybridized carbons (Fsp3) is 0.471. The first-order valence-corrected chi connectivity index (χ1v) is 12.8. The lowest BCUT2D eigenvalue weighted by Gasteiger charge is -2.43. The highest BCUT2D eigenvalue weighted by molar-refractivity contribution is 7.84. The number of amides is 2. The SMILES string of the molecule is NCc1nn(C[C@@H]2[C@H](NC(=O)/C(=N\OC3(C(=O)O)CC3)c3csc(N)n3)C(=O)N2S(=O)(=O)O)nc1CN. The minimum absolute atomic E-state index is 0.00720. The van der Waals surface area contributed by atoms with Gasteiger partial charge in [-0.1, -0.05) is 5.16 Å². The van der Waals surface area contributed by atoms with Gasteiger partial charge in [0.05, 0.1) is 6.54 Å². The lowest BCUT2D eigenvalue weighted by molar-refractivity contribution is -0.153. The fourth-order valence-electron chi connectivity index (χ4n) is 3.52. The summed E-state index contributed by atoms with van der Waals surface area (Å²) >= 11 is 0.965. The number of anilines is 1. The molecule has 2 aromatic rings. The molecule has 0 radical (unpaired) electrons. The van der Waals surface area contributed by atoms with Crippen molar-refractivity contribution in [3.05, 3.63) is 22.5 Å². The summed E-state index contributed by atoms with van der Waals surface area (Å²) in [6, 6.07) is -2.81. The van der Waals surface area contributed by atoms with Crippen LogP contribution in [-0.2, 0) is 49.2 Å². The maximum Gasteiger partial charge on any atom is 0.362 e. The lowest BCUT2D eigenvalue weighted by Crippen LogP contribution is -2.73. The van der Waals surface area contributed by atoms with E-state index < -0.39 is 51.5 Å². The number of nitrogen functional groups attached to an aromatic ring is 1. The second kappa shape index (κ2) is 9.63. The van der Waals surface area contributed by atoms with Crippen molar-refractivity contribution in [2.75, 3.05) is 5.73 Å². The molecule has 0 unspecified atom stereocenters. The van der Waals surface area contributed by atoms with Crippen LogP contribution in [0.2, 0.25) is 0 Å². The molecule has 18 nitrogen and oxygen atoms in total. The zero-order valence-electron chi connectivity index (χ0n) is 18.8. The van der Waals surface area contributed by atoms with E-state index in [4.69, 9.17) is 22.0 Å². The number of thiazole rings is 1. The molecule has 2 fully saturated rings. The van der Waals surface area contributed by atoms with Crippen LogP contribution in [0.25, 0.3) is 0 Å². The van der Waals surface area contributed by atoms with Crippen molar-refractivity contribution in [1.29, 1.82) is 0 Å². The molecule has 0 bridgehead atoms. The van der Waals surface area contributed by atoms with Gasteiger partial charge in [0.15, 0.2) is 10.8 Å². The Morgan fingerprint density at radius 2 is 1.89 bits per heavy atom. The summed E-state index contributed by atoms with van der Waals surface area (Å²) < 4.78 is 33.3. The van der Waals surface area contributed by atoms with Crippen molar-refractivity contribution in [1.82, 2.24) is 29.6 Å². The van der Waals surface area contributed by atoms with E-state index in [1.807, 2.05) is 0 Å². The molecule has 3 heterocycles. The van der Waals surface area contributed by atoms with Gasteiger partial charge in [-0.2, -0.15) is 23.4 Å². The van der Waals surface area contributed by atoms with E-state index in [0.717, 1.165) is 16.1 Å². The number of hydrogen-bond donors (Lipinski definition) is 6. The molecule has 1 aliphatic carbocycles. The molecule has 1 saturated carbocycles. The van der Waals surface area contributed by atoms with Gasteiger partial charge in [-0.3, -0.25) is 14.1 Å². The number of aliphatic carboxylic acids is 1. The van der Waals surface area contributed by atoms with Gasteiger partial charge in [-0.05, 0) is 0 Å². The number of carboxylic acids is 1. The van der Waals surface area contributed by atoms with Gasteiger partial charge in [0.25, 0.3) is 11.8 Å². The molecule has 1 aliphatic heterocycles. The third kappa shape index (κ3) is 5.09. The van der Waals surface area contributed by atoms with Crippen molar-refractivity contribution in [2.24, 2.45) is 16.6 Å². The largest absolute Gasteiger partial charge is 0.478 e. The zero-order chi connectivity index (χ0) is 27.1. The van der Waals surface area contributed by atoms with Gasteiger partial charge >= 0.3 is 16.3 Å². The Morgan fingerprint density at radius 3 is 2.35 bits per heavy atom. The van der Waals surface area contributed by atoms with E-state index in [0.29, 0.717) is 11.4 Å². The van der Waals surface area contributed by atoms with Crippen LogP contribution in [0.1, 0.15) is 29.9 Å². The molecule has 9 N–H and O–H groups in total. The number of carbonyl (C=O) groups excluding carboxylic acids is 2. The molecule has 20 heteroatoms. The number of oxime groups is 1. The van der Waals surface area contributed by atoms with E-state index in [2.05, 4.69) is 25.7 Å². The molecular weight excluding hydrogens is 536 g/mol. The van der Waals surface area contributed by atoms with E-state index in [9.17, 15) is 32.5 Å². The summed E-state index contributed by atoms with van der Waals surface area (Å²) in [7, 11) is -5.00. The van der Waals surface area contributed by atoms with Crippen LogP contribution >= 0.6 is 11.3 Å². The van der Waals surface area contributed by atoms with Crippen molar-refractivity contribution in [2.45, 2.75) is 50.2 Å². The van der Waals surface area contributed by atoms with Crippen LogP contribution in [-0.4, -0.2) is 83.5 Å². The maximum absolute atomic E-state index is 13.1. The van der Waals surface area contributed by atoms with Gasteiger partial charge in [-0.15, -0.1) is 11.3 Å². The first-order valence-electron chi connectivity index (χ1n) is 10.6. The minimum atomic E-state index is -5.00. The lowest BCUT2D eigenvalue weighted by atomic mass is 9.98. The van der Waals surface area contributed by atoms with Crippen LogP contribution in [0.5, 0.6) is 0 Å². The van der Waals surface area contributed by atoms with Gasteiger partial charge < -0.3 is 32.5 Å². The molecule has 2 aliphatic rings. The van der Waals surface area contributed by atoms with Crippen molar-refractivity contribution >= 4 is 50.3 Å². The van der Waals surface area contributed by atoms with Crippen LogP contribution in [0.3, 0.4) is 0 Å². The summed E-state index contributed by atoms with van der Waals surface area (Å²) in [6.45, 7) is -0.377. The molecule has 200 valence electrons. The predicted molar refractivity (Wildman–Crippen MR) is 124 cm³/mol. The standard InChI is InChI=1S/C17H22N10O8S2/c18-3-7-8(4-19)24-26(23-7)5-10-12(14(29)27(10)37(32,33)34)22-13(28)11(9-6-36-16(20)21-9)25-35-17(1-2-17)15(30)31/h6,10,12H,1-5,18-19H2,(H2,20,21)(H,22,28)(H,30,31)(H,32,33,34)/b25-11-/t10-,12+/m1/s1. The number of β-lactam (4-membered cyclic amide) rings is 1. The number of hydrogen-bond acceptors (Lipinski definition) is 14. The quantitative estimate of drug-likeness (QED) is 0.0684. The average molecular weight is 559 g/mol. The van der Waals surface area contributed by atoms with Crippen molar-refractivity contribution < 1.29 is 37.3 Å². The smallest absolute Gasteiger partial charge is 0.362 e. The topological polar surface area (TPSA) is 284 Å². The van der Waals surface area contributed by atoms with Gasteiger partial charge in [0.2, 0.25) is 5.60 Å². The summed E-state index contributed by atoms with van der Waals surface area (Å²) in [5.41, 5.74) is 15.4. The Morgan fingerprint density at radius 1 is 1.27 bits per heavy atom. The molecule has 37 heavy (non-hydrogen) atoms. The summed E-state index contributed by atoms with van der Waals surface area (Å²) in [4.78, 5) is 47.2.